The summed E-state index contributed by atoms with van der Waals surface area (Å²) in [6.07, 6.45) is 10.9. The van der Waals surface area contributed by atoms with Crippen molar-refractivity contribution in [2.45, 2.75) is 83.7 Å². The highest BCUT2D eigenvalue weighted by atomic mass is 16.2. The number of nitrogens with one attached hydrogen (secondary N) is 2. The standard InChI is InChI=1S/C23H33N3O3/c1-2-3-4-5-6-7-8-9-15-24-19-12-10-11-17-18(19)16-26(23(17)29)20-13-14-21(27)25-22(20)28/h10-12,20,24H,2-9,13-16H2,1H3,(H,25,27,28). The highest BCUT2D eigenvalue weighted by molar-refractivity contribution is 6.06. The van der Waals surface area contributed by atoms with Crippen LogP contribution in [0.4, 0.5) is 5.69 Å². The summed E-state index contributed by atoms with van der Waals surface area (Å²) in [6, 6.07) is 5.16. The van der Waals surface area contributed by atoms with Gasteiger partial charge in [0, 0.05) is 36.3 Å². The number of piperidine rings is 1. The van der Waals surface area contributed by atoms with Crippen molar-refractivity contribution in [3.05, 3.63) is 29.3 Å². The van der Waals surface area contributed by atoms with Gasteiger partial charge in [-0.15, -0.1) is 0 Å². The molecule has 1 aromatic carbocycles. The lowest BCUT2D eigenvalue weighted by Crippen LogP contribution is -2.52. The first-order valence-corrected chi connectivity index (χ1v) is 11.1. The minimum absolute atomic E-state index is 0.120. The summed E-state index contributed by atoms with van der Waals surface area (Å²) >= 11 is 0. The molecule has 2 heterocycles. The van der Waals surface area contributed by atoms with E-state index in [1.54, 1.807) is 4.90 Å². The zero-order valence-electron chi connectivity index (χ0n) is 17.5. The Bertz CT molecular complexity index is 747. The van der Waals surface area contributed by atoms with Crippen LogP contribution in [-0.4, -0.2) is 35.2 Å². The zero-order valence-corrected chi connectivity index (χ0v) is 17.5. The van der Waals surface area contributed by atoms with Gasteiger partial charge in [-0.1, -0.05) is 57.9 Å². The summed E-state index contributed by atoms with van der Waals surface area (Å²) in [7, 11) is 0. The molecule has 1 unspecified atom stereocenters. The fourth-order valence-electron chi connectivity index (χ4n) is 4.23. The molecule has 158 valence electrons. The fourth-order valence-corrected chi connectivity index (χ4v) is 4.23. The third kappa shape index (κ3) is 5.37. The van der Waals surface area contributed by atoms with Gasteiger partial charge in [-0.2, -0.15) is 0 Å². The van der Waals surface area contributed by atoms with Crippen molar-refractivity contribution in [2.75, 3.05) is 11.9 Å². The van der Waals surface area contributed by atoms with E-state index in [9.17, 15) is 14.4 Å². The average Bonchev–Trinajstić information content (AvgIpc) is 3.04. The maximum absolute atomic E-state index is 12.8. The minimum atomic E-state index is -0.562. The number of imide groups is 1. The molecule has 1 saturated heterocycles. The van der Waals surface area contributed by atoms with Gasteiger partial charge in [0.15, 0.2) is 0 Å². The zero-order chi connectivity index (χ0) is 20.6. The average molecular weight is 400 g/mol. The van der Waals surface area contributed by atoms with Crippen LogP contribution < -0.4 is 10.6 Å². The van der Waals surface area contributed by atoms with Crippen molar-refractivity contribution in [3.63, 3.8) is 0 Å². The molecule has 2 aliphatic heterocycles. The van der Waals surface area contributed by atoms with Gasteiger partial charge in [-0.25, -0.2) is 0 Å². The van der Waals surface area contributed by atoms with Gasteiger partial charge in [0.25, 0.3) is 5.91 Å². The van der Waals surface area contributed by atoms with Crippen LogP contribution in [0.1, 0.15) is 87.1 Å². The molecule has 0 aromatic heterocycles. The highest BCUT2D eigenvalue weighted by Gasteiger charge is 2.39. The summed E-state index contributed by atoms with van der Waals surface area (Å²) in [5.74, 6) is -0.746. The van der Waals surface area contributed by atoms with E-state index in [4.69, 9.17) is 0 Å². The number of carbonyl (C=O) groups excluding carboxylic acids is 3. The Morgan fingerprint density at radius 2 is 1.76 bits per heavy atom. The Labute approximate surface area is 173 Å². The third-order valence-electron chi connectivity index (χ3n) is 5.93. The number of hydrogen-bond donors (Lipinski definition) is 2. The second-order valence-corrected chi connectivity index (χ2v) is 8.13. The van der Waals surface area contributed by atoms with Crippen LogP contribution in [-0.2, 0) is 16.1 Å². The smallest absolute Gasteiger partial charge is 0.255 e. The van der Waals surface area contributed by atoms with Crippen molar-refractivity contribution < 1.29 is 14.4 Å². The largest absolute Gasteiger partial charge is 0.385 e. The SMILES string of the molecule is CCCCCCCCCCNc1cccc2c1CN(C1CCC(=O)NC1=O)C2=O. The normalized spacial score (nSPS) is 18.7. The molecular formula is C23H33N3O3. The summed E-state index contributed by atoms with van der Waals surface area (Å²) in [4.78, 5) is 38.0. The van der Waals surface area contributed by atoms with E-state index in [0.29, 0.717) is 18.5 Å². The van der Waals surface area contributed by atoms with E-state index in [2.05, 4.69) is 17.6 Å². The predicted octanol–water partition coefficient (Wildman–Crippen LogP) is 4.00. The van der Waals surface area contributed by atoms with Gasteiger partial charge in [-0.3, -0.25) is 19.7 Å². The Hall–Kier alpha value is -2.37. The summed E-state index contributed by atoms with van der Waals surface area (Å²) < 4.78 is 0. The summed E-state index contributed by atoms with van der Waals surface area (Å²) in [5, 5.41) is 5.84. The number of benzene rings is 1. The number of unbranched alkanes of at least 4 members (excludes halogenated alkanes) is 7. The van der Waals surface area contributed by atoms with Crippen LogP contribution in [0.25, 0.3) is 0 Å². The molecule has 0 bridgehead atoms. The van der Waals surface area contributed by atoms with E-state index < -0.39 is 6.04 Å². The quantitative estimate of drug-likeness (QED) is 0.435. The molecule has 1 aromatic rings. The van der Waals surface area contributed by atoms with Crippen LogP contribution in [0, 0.1) is 0 Å². The molecule has 6 nitrogen and oxygen atoms in total. The van der Waals surface area contributed by atoms with Crippen LogP contribution in [0.15, 0.2) is 18.2 Å². The van der Waals surface area contributed by atoms with E-state index in [0.717, 1.165) is 24.2 Å². The first-order chi connectivity index (χ1) is 14.1. The fraction of sp³-hybridized carbons (Fsp3) is 0.609. The van der Waals surface area contributed by atoms with Crippen LogP contribution in [0.3, 0.4) is 0 Å². The number of amides is 3. The molecule has 3 amide bonds. The molecule has 0 saturated carbocycles. The predicted molar refractivity (Wildman–Crippen MR) is 114 cm³/mol. The van der Waals surface area contributed by atoms with Gasteiger partial charge < -0.3 is 10.2 Å². The Morgan fingerprint density at radius 1 is 1.03 bits per heavy atom. The van der Waals surface area contributed by atoms with E-state index in [1.807, 2.05) is 18.2 Å². The molecule has 2 aliphatic rings. The monoisotopic (exact) mass is 399 g/mol. The maximum Gasteiger partial charge on any atom is 0.255 e. The third-order valence-corrected chi connectivity index (χ3v) is 5.93. The Kier molecular flexibility index (Phi) is 7.67. The van der Waals surface area contributed by atoms with Crippen LogP contribution in [0.2, 0.25) is 0 Å². The minimum Gasteiger partial charge on any atom is -0.385 e. The van der Waals surface area contributed by atoms with Crippen molar-refractivity contribution in [2.24, 2.45) is 0 Å². The Morgan fingerprint density at radius 3 is 2.48 bits per heavy atom. The maximum atomic E-state index is 12.8. The topological polar surface area (TPSA) is 78.5 Å². The molecular weight excluding hydrogens is 366 g/mol. The van der Waals surface area contributed by atoms with Gasteiger partial charge in [0.05, 0.1) is 0 Å². The molecule has 29 heavy (non-hydrogen) atoms. The van der Waals surface area contributed by atoms with Gasteiger partial charge >= 0.3 is 0 Å². The van der Waals surface area contributed by atoms with Crippen molar-refractivity contribution in [3.8, 4) is 0 Å². The number of rotatable bonds is 11. The molecule has 3 rings (SSSR count). The summed E-state index contributed by atoms with van der Waals surface area (Å²) in [5.41, 5.74) is 2.60. The second kappa shape index (κ2) is 10.4. The lowest BCUT2D eigenvalue weighted by molar-refractivity contribution is -0.136. The van der Waals surface area contributed by atoms with Crippen LogP contribution >= 0.6 is 0 Å². The van der Waals surface area contributed by atoms with Gasteiger partial charge in [-0.05, 0) is 25.0 Å². The van der Waals surface area contributed by atoms with E-state index >= 15 is 0 Å². The molecule has 1 atom stereocenters. The van der Waals surface area contributed by atoms with Crippen molar-refractivity contribution in [1.29, 1.82) is 0 Å². The van der Waals surface area contributed by atoms with Gasteiger partial charge in [0.2, 0.25) is 11.8 Å². The lowest BCUT2D eigenvalue weighted by Gasteiger charge is -2.29. The first kappa shape index (κ1) is 21.3. The molecule has 0 radical (unpaired) electrons. The number of fused-ring (bicyclic) bond motifs is 1. The van der Waals surface area contributed by atoms with E-state index in [-0.39, 0.29) is 24.1 Å². The number of anilines is 1. The number of nitrogens with zero attached hydrogens (tertiary/aromatic N) is 1. The van der Waals surface area contributed by atoms with Crippen molar-refractivity contribution >= 4 is 23.4 Å². The molecule has 1 fully saturated rings. The van der Waals surface area contributed by atoms with Crippen molar-refractivity contribution in [1.82, 2.24) is 10.2 Å². The molecule has 0 spiro atoms. The number of hydrogen-bond acceptors (Lipinski definition) is 4. The molecule has 6 heteroatoms. The Balaban J connectivity index is 1.49. The molecule has 0 aliphatic carbocycles. The van der Waals surface area contributed by atoms with Gasteiger partial charge in [0.1, 0.15) is 6.04 Å². The first-order valence-electron chi connectivity index (χ1n) is 11.1. The number of carbonyl (C=O) groups is 3. The summed E-state index contributed by atoms with van der Waals surface area (Å²) in [6.45, 7) is 3.54. The van der Waals surface area contributed by atoms with E-state index in [1.165, 1.54) is 44.9 Å². The molecule has 2 N–H and O–H groups in total. The van der Waals surface area contributed by atoms with Crippen LogP contribution in [0.5, 0.6) is 0 Å². The highest BCUT2D eigenvalue weighted by Crippen LogP contribution is 2.32. The lowest BCUT2D eigenvalue weighted by atomic mass is 10.0. The second-order valence-electron chi connectivity index (χ2n) is 8.13.